The van der Waals surface area contributed by atoms with Crippen LogP contribution in [0.15, 0.2) is 24.3 Å². The topological polar surface area (TPSA) is 67.9 Å². The van der Waals surface area contributed by atoms with E-state index >= 15 is 0 Å². The van der Waals surface area contributed by atoms with E-state index in [1.165, 1.54) is 7.11 Å². The Labute approximate surface area is 130 Å². The summed E-state index contributed by atoms with van der Waals surface area (Å²) in [5.74, 6) is -0.471. The third-order valence-electron chi connectivity index (χ3n) is 3.45. The number of ether oxygens (including phenoxy) is 2. The Hall–Kier alpha value is -1.92. The van der Waals surface area contributed by atoms with Crippen LogP contribution in [0.5, 0.6) is 0 Å². The van der Waals surface area contributed by atoms with E-state index in [1.54, 1.807) is 24.3 Å². The lowest BCUT2D eigenvalue weighted by Gasteiger charge is -2.34. The van der Waals surface area contributed by atoms with Crippen LogP contribution in [0.4, 0.5) is 5.69 Å². The molecular formula is C16H22N2O4. The average Bonchev–Trinajstić information content (AvgIpc) is 2.46. The summed E-state index contributed by atoms with van der Waals surface area (Å²) in [5, 5.41) is 2.83. The molecule has 0 radical (unpaired) electrons. The maximum atomic E-state index is 12.1. The second-order valence-corrected chi connectivity index (χ2v) is 5.57. The first kappa shape index (κ1) is 16.5. The van der Waals surface area contributed by atoms with Gasteiger partial charge in [-0.3, -0.25) is 9.69 Å². The summed E-state index contributed by atoms with van der Waals surface area (Å²) in [6.45, 7) is 5.84. The van der Waals surface area contributed by atoms with Crippen LogP contribution < -0.4 is 5.32 Å². The van der Waals surface area contributed by atoms with Crippen molar-refractivity contribution in [2.75, 3.05) is 32.1 Å². The van der Waals surface area contributed by atoms with Crippen molar-refractivity contribution < 1.29 is 19.1 Å². The van der Waals surface area contributed by atoms with Crippen LogP contribution in [0.3, 0.4) is 0 Å². The van der Waals surface area contributed by atoms with Crippen molar-refractivity contribution in [2.24, 2.45) is 0 Å². The molecule has 1 N–H and O–H groups in total. The first-order valence-corrected chi connectivity index (χ1v) is 7.34. The Balaban J connectivity index is 1.87. The minimum absolute atomic E-state index is 0.0767. The lowest BCUT2D eigenvalue weighted by molar-refractivity contribution is -0.121. The average molecular weight is 306 g/mol. The number of hydrogen-bond donors (Lipinski definition) is 1. The molecule has 0 unspecified atom stereocenters. The van der Waals surface area contributed by atoms with Gasteiger partial charge in [-0.15, -0.1) is 0 Å². The van der Waals surface area contributed by atoms with Crippen molar-refractivity contribution >= 4 is 17.6 Å². The normalized spacial score (nSPS) is 22.1. The molecule has 6 nitrogen and oxygen atoms in total. The second-order valence-electron chi connectivity index (χ2n) is 5.57. The fourth-order valence-electron chi connectivity index (χ4n) is 2.62. The number of benzene rings is 1. The number of nitrogens with zero attached hydrogens (tertiary/aromatic N) is 1. The molecule has 0 saturated carbocycles. The number of methoxy groups -OCH3 is 1. The van der Waals surface area contributed by atoms with Gasteiger partial charge < -0.3 is 14.8 Å². The SMILES string of the molecule is COC(=O)c1ccc(NC(=O)CN2C[C@@H](C)O[C@H](C)C2)cc1. The molecule has 1 saturated heterocycles. The molecular weight excluding hydrogens is 284 g/mol. The van der Waals surface area contributed by atoms with E-state index in [4.69, 9.17) is 4.74 Å². The Morgan fingerprint density at radius 3 is 2.36 bits per heavy atom. The molecule has 2 rings (SSSR count). The van der Waals surface area contributed by atoms with Gasteiger partial charge in [0.15, 0.2) is 0 Å². The van der Waals surface area contributed by atoms with E-state index in [9.17, 15) is 9.59 Å². The molecule has 0 aromatic heterocycles. The van der Waals surface area contributed by atoms with Gasteiger partial charge in [0.05, 0.1) is 31.4 Å². The maximum Gasteiger partial charge on any atom is 0.337 e. The molecule has 1 aliphatic rings. The number of amides is 1. The van der Waals surface area contributed by atoms with Crippen LogP contribution in [0.25, 0.3) is 0 Å². The van der Waals surface area contributed by atoms with Gasteiger partial charge in [-0.2, -0.15) is 0 Å². The lowest BCUT2D eigenvalue weighted by atomic mass is 10.2. The van der Waals surface area contributed by atoms with Crippen LogP contribution in [-0.2, 0) is 14.3 Å². The molecule has 120 valence electrons. The van der Waals surface area contributed by atoms with Gasteiger partial charge >= 0.3 is 5.97 Å². The molecule has 22 heavy (non-hydrogen) atoms. The molecule has 0 aliphatic carbocycles. The summed E-state index contributed by atoms with van der Waals surface area (Å²) in [6.07, 6.45) is 0.270. The molecule has 1 aliphatic heterocycles. The lowest BCUT2D eigenvalue weighted by Crippen LogP contribution is -2.48. The highest BCUT2D eigenvalue weighted by Crippen LogP contribution is 2.12. The molecule has 6 heteroatoms. The first-order valence-electron chi connectivity index (χ1n) is 7.34. The summed E-state index contributed by atoms with van der Waals surface area (Å²) in [6, 6.07) is 6.63. The smallest absolute Gasteiger partial charge is 0.337 e. The Morgan fingerprint density at radius 1 is 1.23 bits per heavy atom. The van der Waals surface area contributed by atoms with Crippen LogP contribution in [0, 0.1) is 0 Å². The van der Waals surface area contributed by atoms with Crippen molar-refractivity contribution in [1.82, 2.24) is 4.90 Å². The Morgan fingerprint density at radius 2 is 1.82 bits per heavy atom. The molecule has 2 atom stereocenters. The second kappa shape index (κ2) is 7.38. The maximum absolute atomic E-state index is 12.1. The number of carbonyl (C=O) groups is 2. The van der Waals surface area contributed by atoms with Gasteiger partial charge in [-0.1, -0.05) is 0 Å². The molecule has 1 aromatic carbocycles. The number of anilines is 1. The number of nitrogens with one attached hydrogen (secondary N) is 1. The summed E-state index contributed by atoms with van der Waals surface area (Å²) in [4.78, 5) is 25.5. The summed E-state index contributed by atoms with van der Waals surface area (Å²) >= 11 is 0. The summed E-state index contributed by atoms with van der Waals surface area (Å²) in [5.41, 5.74) is 1.11. The van der Waals surface area contributed by atoms with Gasteiger partial charge in [0, 0.05) is 18.8 Å². The largest absolute Gasteiger partial charge is 0.465 e. The molecule has 0 bridgehead atoms. The van der Waals surface area contributed by atoms with Gasteiger partial charge in [0.25, 0.3) is 0 Å². The van der Waals surface area contributed by atoms with Crippen molar-refractivity contribution in [3.05, 3.63) is 29.8 Å². The first-order chi connectivity index (χ1) is 10.5. The highest BCUT2D eigenvalue weighted by Gasteiger charge is 2.23. The minimum atomic E-state index is -0.394. The highest BCUT2D eigenvalue weighted by atomic mass is 16.5. The molecule has 1 heterocycles. The molecule has 1 amide bonds. The molecule has 1 fully saturated rings. The zero-order valence-corrected chi connectivity index (χ0v) is 13.2. The number of carbonyl (C=O) groups excluding carboxylic acids is 2. The molecule has 0 spiro atoms. The zero-order valence-electron chi connectivity index (χ0n) is 13.2. The van der Waals surface area contributed by atoms with Crippen molar-refractivity contribution in [1.29, 1.82) is 0 Å². The van der Waals surface area contributed by atoms with E-state index in [-0.39, 0.29) is 18.1 Å². The van der Waals surface area contributed by atoms with Gasteiger partial charge in [-0.05, 0) is 38.1 Å². The van der Waals surface area contributed by atoms with E-state index < -0.39 is 5.97 Å². The monoisotopic (exact) mass is 306 g/mol. The number of rotatable bonds is 4. The third kappa shape index (κ3) is 4.54. The van der Waals surface area contributed by atoms with Crippen molar-refractivity contribution in [2.45, 2.75) is 26.1 Å². The minimum Gasteiger partial charge on any atom is -0.465 e. The molecule has 1 aromatic rings. The Kier molecular flexibility index (Phi) is 5.51. The van der Waals surface area contributed by atoms with E-state index in [0.717, 1.165) is 13.1 Å². The number of esters is 1. The quantitative estimate of drug-likeness (QED) is 0.854. The van der Waals surface area contributed by atoms with Gasteiger partial charge in [0.2, 0.25) is 5.91 Å². The third-order valence-corrected chi connectivity index (χ3v) is 3.45. The predicted octanol–water partition coefficient (Wildman–Crippen LogP) is 1.52. The van der Waals surface area contributed by atoms with Crippen LogP contribution >= 0.6 is 0 Å². The number of hydrogen-bond acceptors (Lipinski definition) is 5. The van der Waals surface area contributed by atoms with Crippen LogP contribution in [0.2, 0.25) is 0 Å². The fraction of sp³-hybridized carbons (Fsp3) is 0.500. The highest BCUT2D eigenvalue weighted by molar-refractivity contribution is 5.93. The Bertz CT molecular complexity index is 519. The van der Waals surface area contributed by atoms with Gasteiger partial charge in [-0.25, -0.2) is 4.79 Å². The predicted molar refractivity (Wildman–Crippen MR) is 82.9 cm³/mol. The standard InChI is InChI=1S/C16H22N2O4/c1-11-8-18(9-12(2)22-11)10-15(19)17-14-6-4-13(5-7-14)16(20)21-3/h4-7,11-12H,8-10H2,1-3H3,(H,17,19)/t11-,12-/m1/s1. The van der Waals surface area contributed by atoms with Crippen molar-refractivity contribution in [3.63, 3.8) is 0 Å². The van der Waals surface area contributed by atoms with Crippen molar-refractivity contribution in [3.8, 4) is 0 Å². The van der Waals surface area contributed by atoms with E-state index in [2.05, 4.69) is 15.0 Å². The van der Waals surface area contributed by atoms with Crippen LogP contribution in [-0.4, -0.2) is 55.7 Å². The fourth-order valence-corrected chi connectivity index (χ4v) is 2.62. The van der Waals surface area contributed by atoms with E-state index in [1.807, 2.05) is 13.8 Å². The summed E-state index contributed by atoms with van der Waals surface area (Å²) < 4.78 is 10.3. The number of morpholine rings is 1. The zero-order chi connectivity index (χ0) is 16.1. The van der Waals surface area contributed by atoms with Gasteiger partial charge in [0.1, 0.15) is 0 Å². The van der Waals surface area contributed by atoms with Crippen LogP contribution in [0.1, 0.15) is 24.2 Å². The summed E-state index contributed by atoms with van der Waals surface area (Å²) in [7, 11) is 1.34. The van der Waals surface area contributed by atoms with E-state index in [0.29, 0.717) is 17.8 Å².